The van der Waals surface area contributed by atoms with Gasteiger partial charge >= 0.3 is 11.7 Å². The van der Waals surface area contributed by atoms with Gasteiger partial charge in [0.1, 0.15) is 0 Å². The van der Waals surface area contributed by atoms with Gasteiger partial charge in [0.25, 0.3) is 5.56 Å². The Bertz CT molecular complexity index is 543. The fourth-order valence-electron chi connectivity index (χ4n) is 2.12. The van der Waals surface area contributed by atoms with Crippen LogP contribution in [-0.2, 0) is 22.4 Å². The zero-order valence-electron chi connectivity index (χ0n) is 9.54. The summed E-state index contributed by atoms with van der Waals surface area (Å²) in [4.78, 5) is 39.0. The zero-order valence-corrected chi connectivity index (χ0v) is 9.54. The fourth-order valence-corrected chi connectivity index (χ4v) is 2.12. The van der Waals surface area contributed by atoms with Crippen LogP contribution in [0.25, 0.3) is 0 Å². The Kier molecular flexibility index (Phi) is 3.12. The van der Waals surface area contributed by atoms with Crippen LogP contribution in [0.3, 0.4) is 0 Å². The van der Waals surface area contributed by atoms with Gasteiger partial charge in [-0.05, 0) is 26.2 Å². The predicted molar refractivity (Wildman–Crippen MR) is 59.8 cm³/mol. The van der Waals surface area contributed by atoms with Crippen LogP contribution < -0.4 is 11.2 Å². The summed E-state index contributed by atoms with van der Waals surface area (Å²) in [6.07, 6.45) is 1.46. The fraction of sp³-hybridized carbons (Fsp3) is 0.545. The number of hydrogen-bond donors (Lipinski definition) is 2. The van der Waals surface area contributed by atoms with Crippen LogP contribution in [0.4, 0.5) is 0 Å². The number of hydrogen-bond acceptors (Lipinski definition) is 4. The van der Waals surface area contributed by atoms with Gasteiger partial charge in [0.15, 0.2) is 0 Å². The number of aryl methyl sites for hydroxylation is 1. The largest absolute Gasteiger partial charge is 0.466 e. The maximum Gasteiger partial charge on any atom is 0.325 e. The van der Waals surface area contributed by atoms with E-state index in [1.54, 1.807) is 6.92 Å². The van der Waals surface area contributed by atoms with E-state index >= 15 is 0 Å². The van der Waals surface area contributed by atoms with Gasteiger partial charge in [0.2, 0.25) is 0 Å². The van der Waals surface area contributed by atoms with Crippen molar-refractivity contribution in [3.63, 3.8) is 0 Å². The number of rotatable bonds is 2. The molecule has 0 radical (unpaired) electrons. The monoisotopic (exact) mass is 238 g/mol. The Morgan fingerprint density at radius 3 is 2.88 bits per heavy atom. The highest BCUT2D eigenvalue weighted by Gasteiger charge is 2.27. The second kappa shape index (κ2) is 4.57. The minimum atomic E-state index is -0.497. The van der Waals surface area contributed by atoms with Crippen LogP contribution >= 0.6 is 0 Å². The minimum absolute atomic E-state index is 0.274. The molecule has 1 atom stereocenters. The SMILES string of the molecule is CCOC(=O)C1CCc2[nH]c(=O)[nH]c(=O)c2C1. The normalized spacial score (nSPS) is 18.5. The molecule has 6 nitrogen and oxygen atoms in total. The highest BCUT2D eigenvalue weighted by atomic mass is 16.5. The molecule has 0 amide bonds. The Morgan fingerprint density at radius 1 is 1.41 bits per heavy atom. The molecule has 1 aromatic heterocycles. The van der Waals surface area contributed by atoms with Crippen molar-refractivity contribution in [3.8, 4) is 0 Å². The number of nitrogens with one attached hydrogen (secondary N) is 2. The number of esters is 1. The molecule has 0 saturated carbocycles. The average Bonchev–Trinajstić information content (AvgIpc) is 2.28. The first-order valence-electron chi connectivity index (χ1n) is 5.62. The molecule has 0 aliphatic heterocycles. The molecule has 1 aliphatic carbocycles. The summed E-state index contributed by atoms with van der Waals surface area (Å²) >= 11 is 0. The second-order valence-electron chi connectivity index (χ2n) is 4.06. The summed E-state index contributed by atoms with van der Waals surface area (Å²) in [7, 11) is 0. The maximum atomic E-state index is 11.6. The Hall–Kier alpha value is -1.85. The molecule has 0 aromatic carbocycles. The summed E-state index contributed by atoms with van der Waals surface area (Å²) in [6.45, 7) is 2.09. The quantitative estimate of drug-likeness (QED) is 0.694. The van der Waals surface area contributed by atoms with Crippen molar-refractivity contribution < 1.29 is 9.53 Å². The first-order valence-corrected chi connectivity index (χ1v) is 5.62. The van der Waals surface area contributed by atoms with Crippen LogP contribution in [0.5, 0.6) is 0 Å². The molecule has 0 spiro atoms. The zero-order chi connectivity index (χ0) is 12.4. The van der Waals surface area contributed by atoms with Gasteiger partial charge in [-0.3, -0.25) is 14.6 Å². The lowest BCUT2D eigenvalue weighted by molar-refractivity contribution is -0.148. The maximum absolute atomic E-state index is 11.6. The molecular formula is C11H14N2O4. The molecule has 0 saturated heterocycles. The minimum Gasteiger partial charge on any atom is -0.466 e. The smallest absolute Gasteiger partial charge is 0.325 e. The molecule has 0 bridgehead atoms. The third-order valence-electron chi connectivity index (χ3n) is 2.94. The van der Waals surface area contributed by atoms with Crippen molar-refractivity contribution in [2.45, 2.75) is 26.2 Å². The molecule has 1 unspecified atom stereocenters. The van der Waals surface area contributed by atoms with E-state index in [1.807, 2.05) is 0 Å². The molecule has 92 valence electrons. The van der Waals surface area contributed by atoms with E-state index in [4.69, 9.17) is 4.74 Å². The van der Waals surface area contributed by atoms with E-state index < -0.39 is 11.2 Å². The number of ether oxygens (including phenoxy) is 1. The van der Waals surface area contributed by atoms with Crippen LogP contribution in [0.1, 0.15) is 24.6 Å². The topological polar surface area (TPSA) is 92.0 Å². The lowest BCUT2D eigenvalue weighted by Crippen LogP contribution is -2.34. The number of aromatic nitrogens is 2. The van der Waals surface area contributed by atoms with Gasteiger partial charge < -0.3 is 9.72 Å². The lowest BCUT2D eigenvalue weighted by atomic mass is 9.87. The van der Waals surface area contributed by atoms with Crippen LogP contribution in [0.2, 0.25) is 0 Å². The van der Waals surface area contributed by atoms with Crippen LogP contribution in [-0.4, -0.2) is 22.5 Å². The second-order valence-corrected chi connectivity index (χ2v) is 4.06. The van der Waals surface area contributed by atoms with E-state index in [0.717, 1.165) is 0 Å². The van der Waals surface area contributed by atoms with E-state index in [9.17, 15) is 14.4 Å². The first-order chi connectivity index (χ1) is 8.11. The van der Waals surface area contributed by atoms with Crippen LogP contribution in [0, 0.1) is 5.92 Å². The van der Waals surface area contributed by atoms with E-state index in [0.29, 0.717) is 37.1 Å². The molecule has 1 heterocycles. The molecule has 0 fully saturated rings. The van der Waals surface area contributed by atoms with Crippen molar-refractivity contribution in [3.05, 3.63) is 32.1 Å². The number of aromatic amines is 2. The highest BCUT2D eigenvalue weighted by molar-refractivity contribution is 5.73. The number of fused-ring (bicyclic) bond motifs is 1. The van der Waals surface area contributed by atoms with E-state index in [1.165, 1.54) is 0 Å². The Labute approximate surface area is 97.0 Å². The summed E-state index contributed by atoms with van der Waals surface area (Å²) in [5.41, 5.74) is 0.231. The van der Waals surface area contributed by atoms with Crippen molar-refractivity contribution >= 4 is 5.97 Å². The third kappa shape index (κ3) is 2.30. The average molecular weight is 238 g/mol. The molecule has 2 N–H and O–H groups in total. The number of carbonyl (C=O) groups is 1. The highest BCUT2D eigenvalue weighted by Crippen LogP contribution is 2.21. The molecule has 6 heteroatoms. The summed E-state index contributed by atoms with van der Waals surface area (Å²) < 4.78 is 4.94. The molecule has 1 aromatic rings. The molecule has 1 aliphatic rings. The van der Waals surface area contributed by atoms with Gasteiger partial charge in [-0.15, -0.1) is 0 Å². The molecule has 2 rings (SSSR count). The summed E-state index contributed by atoms with van der Waals surface area (Å²) in [5, 5.41) is 0. The van der Waals surface area contributed by atoms with E-state index in [-0.39, 0.29) is 11.9 Å². The standard InChI is InChI=1S/C11H14N2O4/c1-2-17-10(15)6-3-4-8-7(5-6)9(14)13-11(16)12-8/h6H,2-5H2,1H3,(H2,12,13,14,16). The Morgan fingerprint density at radius 2 is 2.18 bits per heavy atom. The molecule has 17 heavy (non-hydrogen) atoms. The van der Waals surface area contributed by atoms with Gasteiger partial charge in [-0.2, -0.15) is 0 Å². The third-order valence-corrected chi connectivity index (χ3v) is 2.94. The van der Waals surface area contributed by atoms with Crippen molar-refractivity contribution in [1.29, 1.82) is 0 Å². The Balaban J connectivity index is 2.27. The van der Waals surface area contributed by atoms with Crippen molar-refractivity contribution in [2.75, 3.05) is 6.61 Å². The van der Waals surface area contributed by atoms with Gasteiger partial charge in [-0.25, -0.2) is 4.79 Å². The van der Waals surface area contributed by atoms with Crippen LogP contribution in [0.15, 0.2) is 9.59 Å². The number of H-pyrrole nitrogens is 2. The molecular weight excluding hydrogens is 224 g/mol. The number of carbonyl (C=O) groups excluding carboxylic acids is 1. The summed E-state index contributed by atoms with van der Waals surface area (Å²) in [5.74, 6) is -0.557. The van der Waals surface area contributed by atoms with Gasteiger partial charge in [0.05, 0.1) is 12.5 Å². The predicted octanol–water partition coefficient (Wildman–Crippen LogP) is -0.269. The first kappa shape index (κ1) is 11.6. The summed E-state index contributed by atoms with van der Waals surface area (Å²) in [6, 6.07) is 0. The van der Waals surface area contributed by atoms with Gasteiger partial charge in [-0.1, -0.05) is 0 Å². The van der Waals surface area contributed by atoms with Crippen molar-refractivity contribution in [1.82, 2.24) is 9.97 Å². The van der Waals surface area contributed by atoms with Crippen molar-refractivity contribution in [2.24, 2.45) is 5.92 Å². The lowest BCUT2D eigenvalue weighted by Gasteiger charge is -2.21. The van der Waals surface area contributed by atoms with E-state index in [2.05, 4.69) is 9.97 Å². The van der Waals surface area contributed by atoms with Gasteiger partial charge in [0, 0.05) is 11.3 Å².